The van der Waals surface area contributed by atoms with Crippen molar-refractivity contribution in [3.05, 3.63) is 12.2 Å². The molecule has 1 saturated heterocycles. The molecule has 1 N–H and O–H groups in total. The van der Waals surface area contributed by atoms with E-state index in [4.69, 9.17) is 0 Å². The van der Waals surface area contributed by atoms with E-state index in [9.17, 15) is 4.79 Å². The van der Waals surface area contributed by atoms with Crippen LogP contribution >= 0.6 is 0 Å². The van der Waals surface area contributed by atoms with E-state index in [1.165, 1.54) is 12.8 Å². The van der Waals surface area contributed by atoms with Gasteiger partial charge in [0.1, 0.15) is 0 Å². The molecule has 2 rings (SSSR count). The van der Waals surface area contributed by atoms with Crippen molar-refractivity contribution in [2.45, 2.75) is 45.1 Å². The van der Waals surface area contributed by atoms with Crippen LogP contribution in [0.1, 0.15) is 40.5 Å². The first kappa shape index (κ1) is 12.6. The van der Waals surface area contributed by atoms with E-state index in [0.29, 0.717) is 5.92 Å². The van der Waals surface area contributed by atoms with E-state index in [0.717, 1.165) is 38.9 Å². The Hall–Kier alpha value is -0.830. The van der Waals surface area contributed by atoms with Crippen molar-refractivity contribution in [3.63, 3.8) is 0 Å². The second kappa shape index (κ2) is 6.20. The van der Waals surface area contributed by atoms with E-state index in [1.54, 1.807) is 0 Å². The zero-order chi connectivity index (χ0) is 12.1. The molecule has 3 heteroatoms. The summed E-state index contributed by atoms with van der Waals surface area (Å²) in [7, 11) is 0. The second-order valence-corrected chi connectivity index (χ2v) is 5.18. The molecular weight excluding hydrogens is 212 g/mol. The van der Waals surface area contributed by atoms with Gasteiger partial charge in [-0.05, 0) is 51.1 Å². The summed E-state index contributed by atoms with van der Waals surface area (Å²) < 4.78 is 0. The predicted octanol–water partition coefficient (Wildman–Crippen LogP) is 2.19. The third-order valence-corrected chi connectivity index (χ3v) is 4.02. The molecule has 1 amide bonds. The predicted molar refractivity (Wildman–Crippen MR) is 71.9 cm³/mol. The highest BCUT2D eigenvalue weighted by atomic mass is 16.2. The van der Waals surface area contributed by atoms with E-state index in [-0.39, 0.29) is 13.4 Å². The summed E-state index contributed by atoms with van der Waals surface area (Å²) in [5.74, 6) is 0.902. The normalized spacial score (nSPS) is 29.5. The maximum Gasteiger partial charge on any atom is 0.237 e. The van der Waals surface area contributed by atoms with Crippen molar-refractivity contribution in [3.8, 4) is 0 Å². The second-order valence-electron chi connectivity index (χ2n) is 5.18. The molecule has 3 nitrogen and oxygen atoms in total. The third-order valence-electron chi connectivity index (χ3n) is 4.02. The maximum absolute atomic E-state index is 12.1. The SMILES string of the molecule is CCN1CCC[C@H]1C(=O)NCC1CC=CCC1.[HH]. The minimum Gasteiger partial charge on any atom is -0.354 e. The van der Waals surface area contributed by atoms with Crippen LogP contribution in [0.25, 0.3) is 0 Å². The number of likely N-dealkylation sites (tertiary alicyclic amines) is 1. The van der Waals surface area contributed by atoms with Gasteiger partial charge in [0.15, 0.2) is 0 Å². The molecule has 0 spiro atoms. The van der Waals surface area contributed by atoms with Crippen molar-refractivity contribution in [1.82, 2.24) is 10.2 Å². The Morgan fingerprint density at radius 1 is 1.47 bits per heavy atom. The smallest absolute Gasteiger partial charge is 0.237 e. The van der Waals surface area contributed by atoms with Crippen molar-refractivity contribution in [2.24, 2.45) is 5.92 Å². The number of hydrogen-bond donors (Lipinski definition) is 1. The molecule has 0 radical (unpaired) electrons. The Morgan fingerprint density at radius 2 is 2.35 bits per heavy atom. The van der Waals surface area contributed by atoms with Crippen LogP contribution < -0.4 is 5.32 Å². The largest absolute Gasteiger partial charge is 0.354 e. The average molecular weight is 238 g/mol. The van der Waals surface area contributed by atoms with E-state index in [1.807, 2.05) is 0 Å². The van der Waals surface area contributed by atoms with Crippen LogP contribution in [0.3, 0.4) is 0 Å². The fraction of sp³-hybridized carbons (Fsp3) is 0.786. The van der Waals surface area contributed by atoms with Crippen LogP contribution in [-0.2, 0) is 4.79 Å². The topological polar surface area (TPSA) is 32.3 Å². The number of amides is 1. The molecular formula is C14H26N2O. The minimum atomic E-state index is 0. The van der Waals surface area contributed by atoms with Crippen molar-refractivity contribution in [2.75, 3.05) is 19.6 Å². The molecule has 98 valence electrons. The summed E-state index contributed by atoms with van der Waals surface area (Å²) in [5, 5.41) is 3.14. The first-order valence-corrected chi connectivity index (χ1v) is 6.98. The molecule has 2 atom stereocenters. The summed E-state index contributed by atoms with van der Waals surface area (Å²) >= 11 is 0. The number of hydrogen-bond acceptors (Lipinski definition) is 2. The highest BCUT2D eigenvalue weighted by Gasteiger charge is 2.29. The molecule has 2 aliphatic rings. The van der Waals surface area contributed by atoms with Crippen molar-refractivity contribution < 1.29 is 6.22 Å². The monoisotopic (exact) mass is 238 g/mol. The lowest BCUT2D eigenvalue weighted by molar-refractivity contribution is -0.125. The van der Waals surface area contributed by atoms with Crippen molar-refractivity contribution in [1.29, 1.82) is 0 Å². The fourth-order valence-corrected chi connectivity index (χ4v) is 2.91. The molecule has 17 heavy (non-hydrogen) atoms. The number of carbonyl (C=O) groups is 1. The van der Waals surface area contributed by atoms with Crippen LogP contribution in [-0.4, -0.2) is 36.5 Å². The van der Waals surface area contributed by atoms with E-state index >= 15 is 0 Å². The zero-order valence-electron chi connectivity index (χ0n) is 10.8. The van der Waals surface area contributed by atoms with Gasteiger partial charge >= 0.3 is 0 Å². The Labute approximate surface area is 106 Å². The first-order chi connectivity index (χ1) is 8.31. The van der Waals surface area contributed by atoms with E-state index < -0.39 is 0 Å². The first-order valence-electron chi connectivity index (χ1n) is 6.98. The Bertz CT molecular complexity index is 294. The van der Waals surface area contributed by atoms with Gasteiger partial charge in [0.2, 0.25) is 5.91 Å². The summed E-state index contributed by atoms with van der Waals surface area (Å²) in [4.78, 5) is 14.4. The summed E-state index contributed by atoms with van der Waals surface area (Å²) in [5.41, 5.74) is 0. The highest BCUT2D eigenvalue weighted by Crippen LogP contribution is 2.19. The lowest BCUT2D eigenvalue weighted by atomic mass is 9.94. The zero-order valence-corrected chi connectivity index (χ0v) is 10.8. The molecule has 0 saturated carbocycles. The molecule has 0 aromatic carbocycles. The Morgan fingerprint density at radius 3 is 3.06 bits per heavy atom. The van der Waals surface area contributed by atoms with Gasteiger partial charge in [0, 0.05) is 7.97 Å². The average Bonchev–Trinajstić information content (AvgIpc) is 2.85. The number of rotatable bonds is 4. The van der Waals surface area contributed by atoms with Crippen LogP contribution in [0.4, 0.5) is 0 Å². The van der Waals surface area contributed by atoms with Crippen LogP contribution in [0, 0.1) is 5.92 Å². The molecule has 0 aromatic rings. The number of nitrogens with one attached hydrogen (secondary N) is 1. The molecule has 0 aromatic heterocycles. The van der Waals surface area contributed by atoms with E-state index in [2.05, 4.69) is 29.3 Å². The number of nitrogens with zero attached hydrogens (tertiary/aromatic N) is 1. The van der Waals surface area contributed by atoms with Gasteiger partial charge in [-0.1, -0.05) is 19.1 Å². The highest BCUT2D eigenvalue weighted by molar-refractivity contribution is 5.82. The Balaban J connectivity index is 0.00000162. The number of allylic oxidation sites excluding steroid dienone is 2. The van der Waals surface area contributed by atoms with Gasteiger partial charge in [-0.15, -0.1) is 0 Å². The fourth-order valence-electron chi connectivity index (χ4n) is 2.91. The lowest BCUT2D eigenvalue weighted by Gasteiger charge is -2.24. The van der Waals surface area contributed by atoms with Gasteiger partial charge < -0.3 is 5.32 Å². The maximum atomic E-state index is 12.1. The van der Waals surface area contributed by atoms with Gasteiger partial charge in [-0.3, -0.25) is 9.69 Å². The van der Waals surface area contributed by atoms with Gasteiger partial charge in [-0.2, -0.15) is 0 Å². The lowest BCUT2D eigenvalue weighted by Crippen LogP contribution is -2.44. The molecule has 1 heterocycles. The van der Waals surface area contributed by atoms with Gasteiger partial charge in [0.05, 0.1) is 6.04 Å². The van der Waals surface area contributed by atoms with Gasteiger partial charge in [-0.25, -0.2) is 0 Å². The molecule has 0 bridgehead atoms. The summed E-state index contributed by atoms with van der Waals surface area (Å²) in [6, 6.07) is 0.138. The number of carbonyl (C=O) groups excluding carboxylic acids is 1. The standard InChI is InChI=1S/C14H24N2O.H2/c1-2-16-10-6-9-13(16)14(17)15-11-12-7-4-3-5-8-12;/h3-4,12-13H,2,5-11H2,1H3,(H,15,17);1H/t12?,13-;/m0./s1. The van der Waals surface area contributed by atoms with Crippen LogP contribution in [0.15, 0.2) is 12.2 Å². The molecule has 1 unspecified atom stereocenters. The minimum absolute atomic E-state index is 0. The molecule has 1 fully saturated rings. The van der Waals surface area contributed by atoms with Crippen LogP contribution in [0.5, 0.6) is 0 Å². The number of likely N-dealkylation sites (N-methyl/N-ethyl adjacent to an activating group) is 1. The quantitative estimate of drug-likeness (QED) is 0.761. The molecule has 1 aliphatic carbocycles. The van der Waals surface area contributed by atoms with Gasteiger partial charge in [0.25, 0.3) is 0 Å². The summed E-state index contributed by atoms with van der Waals surface area (Å²) in [6.07, 6.45) is 10.2. The van der Waals surface area contributed by atoms with Crippen molar-refractivity contribution >= 4 is 5.91 Å². The summed E-state index contributed by atoms with van der Waals surface area (Å²) in [6.45, 7) is 5.07. The van der Waals surface area contributed by atoms with Crippen LogP contribution in [0.2, 0.25) is 0 Å². The molecule has 1 aliphatic heterocycles. The third kappa shape index (κ3) is 3.32. The Kier molecular flexibility index (Phi) is 4.60.